The van der Waals surface area contributed by atoms with Crippen molar-refractivity contribution in [3.8, 4) is 11.1 Å². The molecule has 0 aliphatic carbocycles. The van der Waals surface area contributed by atoms with E-state index in [0.717, 1.165) is 11.1 Å². The number of benzene rings is 4. The Labute approximate surface area is 214 Å². The number of sulfonamides is 1. The summed E-state index contributed by atoms with van der Waals surface area (Å²) in [5.74, 6) is -1.46. The van der Waals surface area contributed by atoms with E-state index in [9.17, 15) is 23.1 Å². The van der Waals surface area contributed by atoms with Crippen molar-refractivity contribution < 1.29 is 23.1 Å². The van der Waals surface area contributed by atoms with Gasteiger partial charge < -0.3 is 5.11 Å². The smallest absolute Gasteiger partial charge is 0.322 e. The minimum atomic E-state index is -4.09. The lowest BCUT2D eigenvalue weighted by molar-refractivity contribution is -0.138. The first-order valence-corrected chi connectivity index (χ1v) is 12.9. The number of carbonyl (C=O) groups excluding carboxylic acids is 1. The largest absolute Gasteiger partial charge is 0.480 e. The van der Waals surface area contributed by atoms with Gasteiger partial charge in [0.2, 0.25) is 10.0 Å². The lowest BCUT2D eigenvalue weighted by Crippen LogP contribution is -2.42. The number of hydrogen-bond donors (Lipinski definition) is 2. The Morgan fingerprint density at radius 3 is 1.83 bits per heavy atom. The molecule has 0 spiro atoms. The van der Waals surface area contributed by atoms with E-state index >= 15 is 0 Å². The summed E-state index contributed by atoms with van der Waals surface area (Å²) >= 11 is 5.91. The molecule has 0 aromatic heterocycles. The molecule has 0 unspecified atom stereocenters. The number of nitrogens with one attached hydrogen (secondary N) is 1. The summed E-state index contributed by atoms with van der Waals surface area (Å²) in [7, 11) is -4.09. The van der Waals surface area contributed by atoms with E-state index in [-0.39, 0.29) is 17.1 Å². The molecule has 0 bridgehead atoms. The lowest BCUT2D eigenvalue weighted by Gasteiger charge is -2.15. The van der Waals surface area contributed by atoms with Crippen LogP contribution in [0.2, 0.25) is 5.02 Å². The highest BCUT2D eigenvalue weighted by atomic mass is 35.5. The fourth-order valence-corrected chi connectivity index (χ4v) is 5.00. The third-order valence-corrected chi connectivity index (χ3v) is 7.37. The van der Waals surface area contributed by atoms with Crippen LogP contribution in [0, 0.1) is 0 Å². The average Bonchev–Trinajstić information content (AvgIpc) is 2.89. The molecule has 0 aliphatic heterocycles. The van der Waals surface area contributed by atoms with Crippen molar-refractivity contribution in [2.24, 2.45) is 0 Å². The van der Waals surface area contributed by atoms with Gasteiger partial charge in [0.15, 0.2) is 5.78 Å². The van der Waals surface area contributed by atoms with E-state index in [1.165, 1.54) is 12.1 Å². The third kappa shape index (κ3) is 6.07. The minimum absolute atomic E-state index is 0.0460. The molecule has 0 aliphatic rings. The summed E-state index contributed by atoms with van der Waals surface area (Å²) in [6.45, 7) is 0. The molecule has 0 fully saturated rings. The van der Waals surface area contributed by atoms with Crippen molar-refractivity contribution in [2.75, 3.05) is 0 Å². The number of ketones is 1. The van der Waals surface area contributed by atoms with Gasteiger partial charge in [-0.2, -0.15) is 4.72 Å². The van der Waals surface area contributed by atoms with Crippen LogP contribution in [0.25, 0.3) is 11.1 Å². The van der Waals surface area contributed by atoms with Crippen molar-refractivity contribution in [1.29, 1.82) is 0 Å². The quantitative estimate of drug-likeness (QED) is 0.295. The van der Waals surface area contributed by atoms with Gasteiger partial charge >= 0.3 is 5.97 Å². The van der Waals surface area contributed by atoms with Crippen molar-refractivity contribution in [1.82, 2.24) is 4.72 Å². The van der Waals surface area contributed by atoms with Crippen LogP contribution in [0.1, 0.15) is 21.5 Å². The second kappa shape index (κ2) is 10.9. The Hall–Kier alpha value is -3.78. The molecule has 4 aromatic rings. The van der Waals surface area contributed by atoms with Crippen molar-refractivity contribution in [2.45, 2.75) is 17.4 Å². The van der Waals surface area contributed by atoms with Crippen LogP contribution < -0.4 is 4.72 Å². The van der Waals surface area contributed by atoms with Gasteiger partial charge in [-0.1, -0.05) is 90.5 Å². The van der Waals surface area contributed by atoms with E-state index in [1.54, 1.807) is 72.8 Å². The van der Waals surface area contributed by atoms with Crippen LogP contribution >= 0.6 is 11.6 Å². The van der Waals surface area contributed by atoms with E-state index < -0.39 is 22.0 Å². The summed E-state index contributed by atoms with van der Waals surface area (Å²) in [6.07, 6.45) is -0.0861. The second-order valence-corrected chi connectivity index (χ2v) is 10.3. The molecule has 0 amide bonds. The maximum Gasteiger partial charge on any atom is 0.322 e. The Morgan fingerprint density at radius 1 is 0.750 bits per heavy atom. The van der Waals surface area contributed by atoms with E-state index in [1.807, 2.05) is 18.2 Å². The number of carboxylic acids is 1. The molecule has 4 aromatic carbocycles. The van der Waals surface area contributed by atoms with Gasteiger partial charge in [0.05, 0.1) is 4.90 Å². The van der Waals surface area contributed by atoms with Gasteiger partial charge in [-0.15, -0.1) is 0 Å². The molecule has 8 heteroatoms. The van der Waals surface area contributed by atoms with E-state index in [4.69, 9.17) is 11.6 Å². The molecular weight excluding hydrogens is 498 g/mol. The highest BCUT2D eigenvalue weighted by molar-refractivity contribution is 7.89. The SMILES string of the molecule is O=C(c1ccccc1)c1ccc(C[C@@H](NS(=O)(=O)c2ccc(-c3ccc(Cl)cc3)cc2)C(=O)O)cc1. The normalized spacial score (nSPS) is 12.1. The van der Waals surface area contributed by atoms with E-state index in [0.29, 0.717) is 21.7 Å². The van der Waals surface area contributed by atoms with Gasteiger partial charge in [0.1, 0.15) is 6.04 Å². The molecule has 0 saturated carbocycles. The van der Waals surface area contributed by atoms with Crippen LogP contribution in [-0.2, 0) is 21.2 Å². The highest BCUT2D eigenvalue weighted by Gasteiger charge is 2.26. The summed E-state index contributed by atoms with van der Waals surface area (Å²) in [6, 6.07) is 27.2. The van der Waals surface area contributed by atoms with Gasteiger partial charge in [0.25, 0.3) is 0 Å². The van der Waals surface area contributed by atoms with Crippen LogP contribution in [0.4, 0.5) is 0 Å². The predicted octanol–water partition coefficient (Wildman–Crippen LogP) is 5.21. The van der Waals surface area contributed by atoms with Crippen molar-refractivity contribution >= 4 is 33.4 Å². The molecule has 6 nitrogen and oxygen atoms in total. The molecule has 1 atom stereocenters. The summed E-state index contributed by atoms with van der Waals surface area (Å²) in [5.41, 5.74) is 3.24. The first kappa shape index (κ1) is 25.3. The maximum atomic E-state index is 12.9. The number of rotatable bonds is 9. The number of halogens is 1. The van der Waals surface area contributed by atoms with Gasteiger partial charge in [0, 0.05) is 16.1 Å². The Bertz CT molecular complexity index is 1470. The fourth-order valence-electron chi connectivity index (χ4n) is 3.69. The number of carbonyl (C=O) groups is 2. The molecule has 2 N–H and O–H groups in total. The van der Waals surface area contributed by atoms with Crippen LogP contribution in [-0.4, -0.2) is 31.3 Å². The zero-order chi connectivity index (χ0) is 25.7. The summed E-state index contributed by atoms with van der Waals surface area (Å²) in [5, 5.41) is 10.3. The summed E-state index contributed by atoms with van der Waals surface area (Å²) in [4.78, 5) is 24.4. The molecule has 182 valence electrons. The topological polar surface area (TPSA) is 101 Å². The lowest BCUT2D eigenvalue weighted by atomic mass is 10.00. The standard InChI is InChI=1S/C28H22ClNO5S/c29-24-14-10-20(11-15-24)21-12-16-25(17-13-21)36(34,35)30-26(28(32)33)18-19-6-8-23(9-7-19)27(31)22-4-2-1-3-5-22/h1-17,26,30H,18H2,(H,32,33)/t26-/m1/s1. The van der Waals surface area contributed by atoms with Gasteiger partial charge in [-0.05, 0) is 47.4 Å². The molecule has 0 radical (unpaired) electrons. The van der Waals surface area contributed by atoms with Crippen molar-refractivity contribution in [3.63, 3.8) is 0 Å². The average molecular weight is 520 g/mol. The first-order valence-electron chi connectivity index (χ1n) is 11.0. The first-order chi connectivity index (χ1) is 17.2. The fraction of sp³-hybridized carbons (Fsp3) is 0.0714. The predicted molar refractivity (Wildman–Crippen MR) is 139 cm³/mol. The Kier molecular flexibility index (Phi) is 7.64. The molecule has 4 rings (SSSR count). The van der Waals surface area contributed by atoms with Crippen LogP contribution in [0.15, 0.2) is 108 Å². The van der Waals surface area contributed by atoms with Gasteiger partial charge in [-0.3, -0.25) is 9.59 Å². The zero-order valence-electron chi connectivity index (χ0n) is 19.0. The monoisotopic (exact) mass is 519 g/mol. The minimum Gasteiger partial charge on any atom is -0.480 e. The number of carboxylic acid groups (broad SMARTS) is 1. The number of aliphatic carboxylic acids is 1. The Morgan fingerprint density at radius 2 is 1.28 bits per heavy atom. The third-order valence-electron chi connectivity index (χ3n) is 5.63. The van der Waals surface area contributed by atoms with Crippen LogP contribution in [0.5, 0.6) is 0 Å². The number of hydrogen-bond acceptors (Lipinski definition) is 4. The van der Waals surface area contributed by atoms with Crippen LogP contribution in [0.3, 0.4) is 0 Å². The molecule has 0 saturated heterocycles. The molecular formula is C28H22ClNO5S. The molecule has 0 heterocycles. The Balaban J connectivity index is 1.47. The maximum absolute atomic E-state index is 12.9. The summed E-state index contributed by atoms with van der Waals surface area (Å²) < 4.78 is 28.1. The van der Waals surface area contributed by atoms with Gasteiger partial charge in [-0.25, -0.2) is 8.42 Å². The molecule has 36 heavy (non-hydrogen) atoms. The second-order valence-electron chi connectivity index (χ2n) is 8.14. The zero-order valence-corrected chi connectivity index (χ0v) is 20.5. The highest BCUT2D eigenvalue weighted by Crippen LogP contribution is 2.23. The van der Waals surface area contributed by atoms with Crippen molar-refractivity contribution in [3.05, 3.63) is 125 Å². The van der Waals surface area contributed by atoms with E-state index in [2.05, 4.69) is 4.72 Å².